The lowest BCUT2D eigenvalue weighted by Gasteiger charge is -2.31. The first-order chi connectivity index (χ1) is 18.7. The van der Waals surface area contributed by atoms with Gasteiger partial charge in [0.05, 0.1) is 17.7 Å². The maximum absolute atomic E-state index is 13.6. The van der Waals surface area contributed by atoms with Crippen LogP contribution in [0.2, 0.25) is 0 Å². The number of nitrogens with one attached hydrogen (secondary N) is 1. The van der Waals surface area contributed by atoms with Crippen LogP contribution in [0.4, 0.5) is 5.69 Å². The van der Waals surface area contributed by atoms with Crippen LogP contribution in [0.3, 0.4) is 0 Å². The minimum absolute atomic E-state index is 0.114. The van der Waals surface area contributed by atoms with Crippen molar-refractivity contribution < 1.29 is 22.7 Å². The summed E-state index contributed by atoms with van der Waals surface area (Å²) in [5.41, 5.74) is 1.52. The van der Waals surface area contributed by atoms with Gasteiger partial charge in [0.15, 0.2) is 0 Å². The molecule has 0 saturated heterocycles. The number of hydrogen-bond acceptors (Lipinski definition) is 5. The highest BCUT2D eigenvalue weighted by molar-refractivity contribution is 7.93. The monoisotopic (exact) mass is 551 g/mol. The molecule has 0 spiro atoms. The molecule has 8 nitrogen and oxygen atoms in total. The summed E-state index contributed by atoms with van der Waals surface area (Å²) in [7, 11) is -2.10. The van der Waals surface area contributed by atoms with Crippen LogP contribution in [-0.4, -0.2) is 51.4 Å². The van der Waals surface area contributed by atoms with Crippen molar-refractivity contribution >= 4 is 38.3 Å². The molecule has 1 aliphatic heterocycles. The van der Waals surface area contributed by atoms with E-state index in [2.05, 4.69) is 5.32 Å². The van der Waals surface area contributed by atoms with Crippen molar-refractivity contribution in [3.05, 3.63) is 66.2 Å². The van der Waals surface area contributed by atoms with Crippen molar-refractivity contribution in [1.29, 1.82) is 0 Å². The van der Waals surface area contributed by atoms with E-state index in [4.69, 9.17) is 4.74 Å². The lowest BCUT2D eigenvalue weighted by Crippen LogP contribution is -2.49. The van der Waals surface area contributed by atoms with Crippen molar-refractivity contribution in [3.8, 4) is 5.75 Å². The van der Waals surface area contributed by atoms with Crippen molar-refractivity contribution in [1.82, 2.24) is 10.2 Å². The van der Waals surface area contributed by atoms with Gasteiger partial charge in [-0.25, -0.2) is 8.42 Å². The lowest BCUT2D eigenvalue weighted by atomic mass is 10.1. The molecule has 39 heavy (non-hydrogen) atoms. The maximum Gasteiger partial charge on any atom is 0.265 e. The Morgan fingerprint density at radius 2 is 1.72 bits per heavy atom. The summed E-state index contributed by atoms with van der Waals surface area (Å²) in [4.78, 5) is 28.6. The molecule has 0 bridgehead atoms. The molecular formula is C30H37N3O5S. The summed E-state index contributed by atoms with van der Waals surface area (Å²) in [5.74, 6) is 0.622. The number of ether oxygens (including phenoxy) is 1. The third-order valence-corrected chi connectivity index (χ3v) is 8.87. The molecule has 1 aliphatic rings. The van der Waals surface area contributed by atoms with E-state index in [1.807, 2.05) is 63.2 Å². The normalized spacial score (nSPS) is 14.4. The Labute approximate surface area is 231 Å². The van der Waals surface area contributed by atoms with Crippen molar-refractivity contribution in [2.75, 3.05) is 24.5 Å². The fourth-order valence-corrected chi connectivity index (χ4v) is 6.74. The van der Waals surface area contributed by atoms with E-state index >= 15 is 0 Å². The number of sulfonamides is 1. The Morgan fingerprint density at radius 3 is 2.36 bits per heavy atom. The molecule has 3 aromatic carbocycles. The van der Waals surface area contributed by atoms with E-state index in [0.29, 0.717) is 35.7 Å². The zero-order valence-electron chi connectivity index (χ0n) is 23.0. The SMILES string of the molecule is CC[C@H](C(=O)NCC(C)C)N(Cc1ccc(OC)cc1)C(=O)CCCN1c2cccc3cccc(c23)S1(=O)=O. The minimum Gasteiger partial charge on any atom is -0.497 e. The van der Waals surface area contributed by atoms with Gasteiger partial charge < -0.3 is 15.0 Å². The number of rotatable bonds is 12. The van der Waals surface area contributed by atoms with Crippen LogP contribution >= 0.6 is 0 Å². The third kappa shape index (κ3) is 6.03. The van der Waals surface area contributed by atoms with Crippen LogP contribution in [-0.2, 0) is 26.2 Å². The standard InChI is InChI=1S/C30H37N3O5S/c1-5-25(30(35)31-19-21(2)3)32(20-22-14-16-24(38-4)17-15-22)28(34)13-8-18-33-26-11-6-9-23-10-7-12-27(29(23)26)39(33,36)37/h6-7,9-12,14-17,21,25H,5,8,13,18-20H2,1-4H3,(H,31,35)/t25-/m1/s1. The molecule has 2 amide bonds. The third-order valence-electron chi connectivity index (χ3n) is 7.02. The Kier molecular flexibility index (Phi) is 8.80. The summed E-state index contributed by atoms with van der Waals surface area (Å²) < 4.78 is 33.3. The number of nitrogens with zero attached hydrogens (tertiary/aromatic N) is 2. The van der Waals surface area contributed by atoms with Crippen LogP contribution < -0.4 is 14.4 Å². The molecule has 1 N–H and O–H groups in total. The van der Waals surface area contributed by atoms with Gasteiger partial charge in [0.25, 0.3) is 10.0 Å². The predicted octanol–water partition coefficient (Wildman–Crippen LogP) is 4.72. The Hall–Kier alpha value is -3.59. The first-order valence-electron chi connectivity index (χ1n) is 13.4. The molecule has 1 heterocycles. The van der Waals surface area contributed by atoms with Gasteiger partial charge >= 0.3 is 0 Å². The Balaban J connectivity index is 1.51. The average molecular weight is 552 g/mol. The van der Waals surface area contributed by atoms with E-state index in [1.165, 1.54) is 4.31 Å². The molecule has 208 valence electrons. The van der Waals surface area contributed by atoms with E-state index in [9.17, 15) is 18.0 Å². The Morgan fingerprint density at radius 1 is 1.03 bits per heavy atom. The maximum atomic E-state index is 13.6. The van der Waals surface area contributed by atoms with E-state index in [1.54, 1.807) is 30.2 Å². The number of carbonyl (C=O) groups excluding carboxylic acids is 2. The van der Waals surface area contributed by atoms with Gasteiger partial charge in [0.1, 0.15) is 11.8 Å². The average Bonchev–Trinajstić information content (AvgIpc) is 3.15. The van der Waals surface area contributed by atoms with Crippen LogP contribution in [0.15, 0.2) is 65.6 Å². The quantitative estimate of drug-likeness (QED) is 0.352. The molecule has 4 rings (SSSR count). The van der Waals surface area contributed by atoms with Crippen LogP contribution in [0.5, 0.6) is 5.75 Å². The summed E-state index contributed by atoms with van der Waals surface area (Å²) in [6.07, 6.45) is 0.900. The molecule has 0 unspecified atom stereocenters. The number of carbonyl (C=O) groups is 2. The molecule has 0 radical (unpaired) electrons. The largest absolute Gasteiger partial charge is 0.497 e. The predicted molar refractivity (Wildman–Crippen MR) is 153 cm³/mol. The van der Waals surface area contributed by atoms with Gasteiger partial charge in [-0.15, -0.1) is 0 Å². The molecule has 0 aliphatic carbocycles. The highest BCUT2D eigenvalue weighted by Gasteiger charge is 2.35. The first-order valence-corrected chi connectivity index (χ1v) is 14.9. The molecule has 1 atom stereocenters. The van der Waals surface area contributed by atoms with Crippen LogP contribution in [0, 0.1) is 5.92 Å². The van der Waals surface area contributed by atoms with Gasteiger partial charge in [-0.2, -0.15) is 0 Å². The number of amides is 2. The van der Waals surface area contributed by atoms with Gasteiger partial charge in [0, 0.05) is 31.4 Å². The number of anilines is 1. The smallest absolute Gasteiger partial charge is 0.265 e. The molecule has 9 heteroatoms. The van der Waals surface area contributed by atoms with Crippen LogP contribution in [0.1, 0.15) is 45.6 Å². The minimum atomic E-state index is -3.69. The van der Waals surface area contributed by atoms with Gasteiger partial charge in [-0.05, 0) is 54.0 Å². The zero-order chi connectivity index (χ0) is 28.2. The second-order valence-electron chi connectivity index (χ2n) is 10.2. The van der Waals surface area contributed by atoms with Gasteiger partial charge in [-0.3, -0.25) is 13.9 Å². The number of benzene rings is 3. The lowest BCUT2D eigenvalue weighted by molar-refractivity contribution is -0.141. The fraction of sp³-hybridized carbons (Fsp3) is 0.400. The summed E-state index contributed by atoms with van der Waals surface area (Å²) in [6.45, 7) is 6.90. The van der Waals surface area contributed by atoms with E-state index < -0.39 is 16.1 Å². The highest BCUT2D eigenvalue weighted by atomic mass is 32.2. The fourth-order valence-electron chi connectivity index (χ4n) is 4.99. The molecule has 0 aromatic heterocycles. The van der Waals surface area contributed by atoms with Gasteiger partial charge in [-0.1, -0.05) is 57.2 Å². The topological polar surface area (TPSA) is 96.0 Å². The van der Waals surface area contributed by atoms with Crippen molar-refractivity contribution in [2.24, 2.45) is 5.92 Å². The number of hydrogen-bond donors (Lipinski definition) is 1. The van der Waals surface area contributed by atoms with Gasteiger partial charge in [0.2, 0.25) is 11.8 Å². The Bertz CT molecular complexity index is 1430. The van der Waals surface area contributed by atoms with Crippen molar-refractivity contribution in [3.63, 3.8) is 0 Å². The molecule has 0 saturated carbocycles. The molecule has 3 aromatic rings. The highest BCUT2D eigenvalue weighted by Crippen LogP contribution is 2.42. The zero-order valence-corrected chi connectivity index (χ0v) is 23.8. The number of methoxy groups -OCH3 is 1. The van der Waals surface area contributed by atoms with E-state index in [-0.39, 0.29) is 37.2 Å². The second-order valence-corrected chi connectivity index (χ2v) is 12.1. The van der Waals surface area contributed by atoms with Crippen molar-refractivity contribution in [2.45, 2.75) is 57.5 Å². The second kappa shape index (κ2) is 12.1. The summed E-state index contributed by atoms with van der Waals surface area (Å²) >= 11 is 0. The summed E-state index contributed by atoms with van der Waals surface area (Å²) in [5, 5.41) is 4.56. The van der Waals surface area contributed by atoms with E-state index in [0.717, 1.165) is 16.3 Å². The van der Waals surface area contributed by atoms with Crippen LogP contribution in [0.25, 0.3) is 10.8 Å². The molecular weight excluding hydrogens is 514 g/mol. The summed E-state index contributed by atoms with van der Waals surface area (Å²) in [6, 6.07) is 17.6. The first kappa shape index (κ1) is 28.4. The molecule has 0 fully saturated rings.